The Kier molecular flexibility index (Phi) is 4.51. The zero-order valence-corrected chi connectivity index (χ0v) is 13.0. The number of carbonyl (C=O) groups is 2. The van der Waals surface area contributed by atoms with Crippen LogP contribution in [-0.4, -0.2) is 24.5 Å². The molecular formula is C17H19F3N2O2. The van der Waals surface area contributed by atoms with Gasteiger partial charge >= 0.3 is 6.18 Å². The molecule has 4 nitrogen and oxygen atoms in total. The molecule has 3 rings (SSSR count). The Morgan fingerprint density at radius 1 is 1.12 bits per heavy atom. The molecule has 0 spiro atoms. The van der Waals surface area contributed by atoms with Gasteiger partial charge in [0.1, 0.15) is 6.54 Å². The Hall–Kier alpha value is -2.05. The van der Waals surface area contributed by atoms with Crippen molar-refractivity contribution in [2.24, 2.45) is 17.8 Å². The van der Waals surface area contributed by atoms with E-state index >= 15 is 0 Å². The molecule has 3 unspecified atom stereocenters. The number of amides is 2. The van der Waals surface area contributed by atoms with Crippen LogP contribution in [0.15, 0.2) is 24.3 Å². The Morgan fingerprint density at radius 2 is 1.88 bits per heavy atom. The van der Waals surface area contributed by atoms with Gasteiger partial charge in [-0.1, -0.05) is 18.6 Å². The Morgan fingerprint density at radius 3 is 2.50 bits per heavy atom. The van der Waals surface area contributed by atoms with E-state index in [2.05, 4.69) is 5.32 Å². The molecule has 3 atom stereocenters. The molecule has 0 heterocycles. The van der Waals surface area contributed by atoms with E-state index in [1.165, 1.54) is 18.6 Å². The molecule has 2 bridgehead atoms. The number of fused-ring (bicyclic) bond motifs is 2. The van der Waals surface area contributed by atoms with Crippen LogP contribution in [0.3, 0.4) is 0 Å². The van der Waals surface area contributed by atoms with E-state index in [1.807, 2.05) is 5.32 Å². The third-order valence-electron chi connectivity index (χ3n) is 4.95. The van der Waals surface area contributed by atoms with Gasteiger partial charge in [0, 0.05) is 5.92 Å². The number of hydrogen-bond donors (Lipinski definition) is 2. The molecule has 130 valence electrons. The van der Waals surface area contributed by atoms with E-state index in [0.717, 1.165) is 19.3 Å². The third-order valence-corrected chi connectivity index (χ3v) is 4.95. The monoisotopic (exact) mass is 340 g/mol. The molecule has 2 amide bonds. The molecule has 0 saturated heterocycles. The molecule has 7 heteroatoms. The highest BCUT2D eigenvalue weighted by Gasteiger charge is 2.43. The minimum atomic E-state index is -4.48. The summed E-state index contributed by atoms with van der Waals surface area (Å²) in [7, 11) is 0. The normalized spacial score (nSPS) is 25.5. The zero-order valence-electron chi connectivity index (χ0n) is 13.0. The highest BCUT2D eigenvalue weighted by Crippen LogP contribution is 2.48. The lowest BCUT2D eigenvalue weighted by Crippen LogP contribution is -2.34. The molecule has 2 fully saturated rings. The van der Waals surface area contributed by atoms with Gasteiger partial charge in [0.25, 0.3) is 5.91 Å². The molecule has 2 saturated carbocycles. The van der Waals surface area contributed by atoms with E-state index in [0.29, 0.717) is 11.8 Å². The maximum Gasteiger partial charge on any atom is 0.405 e. The first-order chi connectivity index (χ1) is 11.3. The van der Waals surface area contributed by atoms with Gasteiger partial charge in [-0.3, -0.25) is 9.59 Å². The van der Waals surface area contributed by atoms with Crippen molar-refractivity contribution in [1.82, 2.24) is 5.32 Å². The van der Waals surface area contributed by atoms with Gasteiger partial charge in [0.2, 0.25) is 5.91 Å². The Bertz CT molecular complexity index is 645. The SMILES string of the molecule is O=C(NCC(F)(F)F)c1ccccc1NC(=O)C1CC2CCC1C2. The molecular weight excluding hydrogens is 321 g/mol. The molecule has 1 aromatic carbocycles. The molecule has 1 aromatic rings. The first-order valence-corrected chi connectivity index (χ1v) is 8.08. The summed E-state index contributed by atoms with van der Waals surface area (Å²) in [5.41, 5.74) is 0.295. The fraction of sp³-hybridized carbons (Fsp3) is 0.529. The first kappa shape index (κ1) is 16.8. The van der Waals surface area contributed by atoms with Crippen molar-refractivity contribution in [1.29, 1.82) is 0 Å². The average Bonchev–Trinajstić information content (AvgIpc) is 3.15. The quantitative estimate of drug-likeness (QED) is 0.883. The average molecular weight is 340 g/mol. The minimum Gasteiger partial charge on any atom is -0.343 e. The second kappa shape index (κ2) is 6.45. The summed E-state index contributed by atoms with van der Waals surface area (Å²) in [5.74, 6) is -0.0539. The number of benzene rings is 1. The standard InChI is InChI=1S/C17H19F3N2O2/c18-17(19,20)9-21-15(23)12-3-1-2-4-14(12)22-16(24)13-8-10-5-6-11(13)7-10/h1-4,10-11,13H,5-9H2,(H,21,23)(H,22,24). The minimum absolute atomic E-state index is 0.0401. The van der Waals surface area contributed by atoms with Crippen LogP contribution in [0, 0.1) is 17.8 Å². The predicted molar refractivity (Wildman–Crippen MR) is 82.4 cm³/mol. The summed E-state index contributed by atoms with van der Waals surface area (Å²) in [6.07, 6.45) is -0.316. The molecule has 0 aliphatic heterocycles. The number of para-hydroxylation sites is 1. The third kappa shape index (κ3) is 3.71. The number of nitrogens with one attached hydrogen (secondary N) is 2. The molecule has 2 aliphatic rings. The second-order valence-corrected chi connectivity index (χ2v) is 6.61. The number of halogens is 3. The number of rotatable bonds is 4. The van der Waals surface area contributed by atoms with Gasteiger partial charge in [-0.2, -0.15) is 13.2 Å². The van der Waals surface area contributed by atoms with Crippen molar-refractivity contribution < 1.29 is 22.8 Å². The van der Waals surface area contributed by atoms with E-state index in [9.17, 15) is 22.8 Å². The molecule has 24 heavy (non-hydrogen) atoms. The van der Waals surface area contributed by atoms with Gasteiger partial charge in [0.15, 0.2) is 0 Å². The van der Waals surface area contributed by atoms with Crippen molar-refractivity contribution >= 4 is 17.5 Å². The first-order valence-electron chi connectivity index (χ1n) is 8.08. The van der Waals surface area contributed by atoms with Crippen molar-refractivity contribution in [3.63, 3.8) is 0 Å². The summed E-state index contributed by atoms with van der Waals surface area (Å²) in [6.45, 7) is -1.40. The van der Waals surface area contributed by atoms with Crippen molar-refractivity contribution in [3.05, 3.63) is 29.8 Å². The molecule has 2 N–H and O–H groups in total. The molecule has 0 radical (unpaired) electrons. The topological polar surface area (TPSA) is 58.2 Å². The van der Waals surface area contributed by atoms with Crippen LogP contribution >= 0.6 is 0 Å². The van der Waals surface area contributed by atoms with Gasteiger partial charge in [-0.05, 0) is 43.2 Å². The highest BCUT2D eigenvalue weighted by atomic mass is 19.4. The Balaban J connectivity index is 1.67. The second-order valence-electron chi connectivity index (χ2n) is 6.61. The fourth-order valence-corrected chi connectivity index (χ4v) is 3.86. The van der Waals surface area contributed by atoms with Crippen LogP contribution in [0.4, 0.5) is 18.9 Å². The van der Waals surface area contributed by atoms with Crippen LogP contribution in [0.25, 0.3) is 0 Å². The van der Waals surface area contributed by atoms with E-state index in [4.69, 9.17) is 0 Å². The zero-order chi connectivity index (χ0) is 17.3. The lowest BCUT2D eigenvalue weighted by molar-refractivity contribution is -0.123. The van der Waals surface area contributed by atoms with E-state index in [1.54, 1.807) is 12.1 Å². The number of carbonyl (C=O) groups excluding carboxylic acids is 2. The Labute approximate surface area is 137 Å². The van der Waals surface area contributed by atoms with Crippen LogP contribution in [0.1, 0.15) is 36.0 Å². The van der Waals surface area contributed by atoms with E-state index in [-0.39, 0.29) is 23.1 Å². The summed E-state index contributed by atoms with van der Waals surface area (Å²) in [5, 5.41) is 4.57. The van der Waals surface area contributed by atoms with Crippen LogP contribution in [-0.2, 0) is 4.79 Å². The van der Waals surface area contributed by atoms with Crippen molar-refractivity contribution in [3.8, 4) is 0 Å². The van der Waals surface area contributed by atoms with Crippen LogP contribution in [0.5, 0.6) is 0 Å². The lowest BCUT2D eigenvalue weighted by atomic mass is 9.88. The number of anilines is 1. The van der Waals surface area contributed by atoms with E-state index < -0.39 is 18.6 Å². The maximum atomic E-state index is 12.5. The summed E-state index contributed by atoms with van der Waals surface area (Å²) >= 11 is 0. The predicted octanol–water partition coefficient (Wildman–Crippen LogP) is 3.35. The van der Waals surface area contributed by atoms with Gasteiger partial charge in [-0.25, -0.2) is 0 Å². The van der Waals surface area contributed by atoms with Gasteiger partial charge in [-0.15, -0.1) is 0 Å². The fourth-order valence-electron chi connectivity index (χ4n) is 3.86. The van der Waals surface area contributed by atoms with Gasteiger partial charge < -0.3 is 10.6 Å². The summed E-state index contributed by atoms with van der Waals surface area (Å²) in [4.78, 5) is 24.5. The lowest BCUT2D eigenvalue weighted by Gasteiger charge is -2.21. The summed E-state index contributed by atoms with van der Waals surface area (Å²) < 4.78 is 36.7. The number of hydrogen-bond acceptors (Lipinski definition) is 2. The van der Waals surface area contributed by atoms with Crippen LogP contribution < -0.4 is 10.6 Å². The molecule has 0 aromatic heterocycles. The largest absolute Gasteiger partial charge is 0.405 e. The van der Waals surface area contributed by atoms with Crippen molar-refractivity contribution in [2.75, 3.05) is 11.9 Å². The smallest absolute Gasteiger partial charge is 0.343 e. The van der Waals surface area contributed by atoms with Crippen LogP contribution in [0.2, 0.25) is 0 Å². The van der Waals surface area contributed by atoms with Gasteiger partial charge in [0.05, 0.1) is 11.3 Å². The van der Waals surface area contributed by atoms with Crippen molar-refractivity contribution in [2.45, 2.75) is 31.9 Å². The highest BCUT2D eigenvalue weighted by molar-refractivity contribution is 6.04. The maximum absolute atomic E-state index is 12.5. The molecule has 2 aliphatic carbocycles. The summed E-state index contributed by atoms with van der Waals surface area (Å²) in [6, 6.07) is 6.13. The number of alkyl halides is 3.